The second-order valence-electron chi connectivity index (χ2n) is 8.14. The van der Waals surface area contributed by atoms with Gasteiger partial charge in [-0.1, -0.05) is 51.2 Å². The third kappa shape index (κ3) is 6.12. The number of ether oxygens (including phenoxy) is 1. The summed E-state index contributed by atoms with van der Waals surface area (Å²) in [7, 11) is 0. The van der Waals surface area contributed by atoms with E-state index in [2.05, 4.69) is 6.92 Å². The Morgan fingerprint density at radius 1 is 0.966 bits per heavy atom. The van der Waals surface area contributed by atoms with Gasteiger partial charge in [-0.15, -0.1) is 0 Å². The lowest BCUT2D eigenvalue weighted by Crippen LogP contribution is -2.25. The van der Waals surface area contributed by atoms with Crippen molar-refractivity contribution in [1.82, 2.24) is 0 Å². The molecule has 3 rings (SSSR count). The highest BCUT2D eigenvalue weighted by Crippen LogP contribution is 2.33. The molecule has 2 aromatic carbocycles. The van der Waals surface area contributed by atoms with Gasteiger partial charge in [0.2, 0.25) is 0 Å². The van der Waals surface area contributed by atoms with Crippen molar-refractivity contribution in [3.05, 3.63) is 54.1 Å². The van der Waals surface area contributed by atoms with Crippen LogP contribution in [0.25, 0.3) is 11.1 Å². The average Bonchev–Trinajstić information content (AvgIpc) is 2.73. The zero-order valence-corrected chi connectivity index (χ0v) is 17.1. The molecule has 0 N–H and O–H groups in total. The van der Waals surface area contributed by atoms with Crippen LogP contribution in [0.3, 0.4) is 0 Å². The van der Waals surface area contributed by atoms with Crippen molar-refractivity contribution in [2.24, 2.45) is 11.8 Å². The average molecular weight is 401 g/mol. The van der Waals surface area contributed by atoms with E-state index >= 15 is 0 Å². The van der Waals surface area contributed by atoms with E-state index in [0.29, 0.717) is 11.1 Å². The van der Waals surface area contributed by atoms with Crippen molar-refractivity contribution in [2.45, 2.75) is 64.7 Å². The molecule has 0 amide bonds. The van der Waals surface area contributed by atoms with Crippen LogP contribution in [0.1, 0.15) is 64.7 Å². The van der Waals surface area contributed by atoms with Gasteiger partial charge in [-0.25, -0.2) is 8.78 Å². The molecule has 0 unspecified atom stereocenters. The van der Waals surface area contributed by atoms with Crippen LogP contribution in [0.5, 0.6) is 5.75 Å². The number of carbonyl (C=O) groups is 1. The van der Waals surface area contributed by atoms with E-state index in [9.17, 15) is 13.6 Å². The molecule has 0 radical (unpaired) electrons. The maximum Gasteiger partial charge on any atom is 0.314 e. The quantitative estimate of drug-likeness (QED) is 0.264. The van der Waals surface area contributed by atoms with Crippen LogP contribution in [0.2, 0.25) is 0 Å². The summed E-state index contributed by atoms with van der Waals surface area (Å²) < 4.78 is 33.0. The van der Waals surface area contributed by atoms with Crippen molar-refractivity contribution in [3.8, 4) is 16.9 Å². The van der Waals surface area contributed by atoms with Gasteiger partial charge in [0.05, 0.1) is 5.92 Å². The summed E-state index contributed by atoms with van der Waals surface area (Å²) in [5.41, 5.74) is 0.937. The van der Waals surface area contributed by atoms with Crippen LogP contribution < -0.4 is 4.74 Å². The minimum atomic E-state index is -0.488. The smallest absolute Gasteiger partial charge is 0.314 e. The van der Waals surface area contributed by atoms with Crippen molar-refractivity contribution in [1.29, 1.82) is 0 Å². The molecule has 1 saturated carbocycles. The number of hydrogen-bond donors (Lipinski definition) is 0. The third-order valence-corrected chi connectivity index (χ3v) is 5.96. The van der Waals surface area contributed by atoms with Crippen molar-refractivity contribution >= 4 is 5.97 Å². The van der Waals surface area contributed by atoms with E-state index in [0.717, 1.165) is 31.6 Å². The first-order chi connectivity index (χ1) is 14.1. The fourth-order valence-corrected chi connectivity index (χ4v) is 4.17. The summed E-state index contributed by atoms with van der Waals surface area (Å²) in [5.74, 6) is -0.262. The van der Waals surface area contributed by atoms with Crippen molar-refractivity contribution < 1.29 is 18.3 Å². The van der Waals surface area contributed by atoms with E-state index in [1.807, 2.05) is 0 Å². The Morgan fingerprint density at radius 3 is 2.34 bits per heavy atom. The van der Waals surface area contributed by atoms with Gasteiger partial charge in [-0.2, -0.15) is 0 Å². The lowest BCUT2D eigenvalue weighted by atomic mass is 9.80. The van der Waals surface area contributed by atoms with Crippen LogP contribution in [-0.2, 0) is 4.79 Å². The Hall–Kier alpha value is -2.23. The SMILES string of the molecule is CCCCCCC1CCC(C(=O)Oc2ccc(-c3ccc(F)cc3)c(F)c2)CC1. The molecule has 0 spiro atoms. The second kappa shape index (κ2) is 10.5. The van der Waals surface area contributed by atoms with Gasteiger partial charge in [0.1, 0.15) is 17.4 Å². The fourth-order valence-electron chi connectivity index (χ4n) is 4.17. The molecule has 2 nitrogen and oxygen atoms in total. The van der Waals surface area contributed by atoms with E-state index in [1.54, 1.807) is 12.1 Å². The normalized spacial score (nSPS) is 19.1. The first-order valence-corrected chi connectivity index (χ1v) is 10.8. The fraction of sp³-hybridized carbons (Fsp3) is 0.480. The van der Waals surface area contributed by atoms with Crippen molar-refractivity contribution in [2.75, 3.05) is 0 Å². The monoisotopic (exact) mass is 400 g/mol. The van der Waals surface area contributed by atoms with E-state index in [4.69, 9.17) is 4.74 Å². The predicted octanol–water partition coefficient (Wildman–Crippen LogP) is 7.31. The summed E-state index contributed by atoms with van der Waals surface area (Å²) in [6, 6.07) is 10.0. The van der Waals surface area contributed by atoms with Gasteiger partial charge >= 0.3 is 5.97 Å². The molecule has 0 heterocycles. The predicted molar refractivity (Wildman–Crippen MR) is 112 cm³/mol. The van der Waals surface area contributed by atoms with E-state index in [1.165, 1.54) is 62.4 Å². The Bertz CT molecular complexity index is 793. The molecule has 2 aromatic rings. The maximum atomic E-state index is 14.5. The Balaban J connectivity index is 1.51. The number of esters is 1. The molecule has 0 aromatic heterocycles. The summed E-state index contributed by atoms with van der Waals surface area (Å²) in [4.78, 5) is 12.5. The number of hydrogen-bond acceptors (Lipinski definition) is 2. The molecule has 156 valence electrons. The van der Waals surface area contributed by atoms with E-state index in [-0.39, 0.29) is 23.5 Å². The Labute approximate surface area is 172 Å². The van der Waals surface area contributed by atoms with Gasteiger partial charge in [-0.3, -0.25) is 4.79 Å². The zero-order valence-electron chi connectivity index (χ0n) is 17.1. The minimum Gasteiger partial charge on any atom is -0.426 e. The molecular formula is C25H30F2O2. The standard InChI is InChI=1S/C25H30F2O2/c1-2-3-4-5-6-18-7-9-20(10-8-18)25(28)29-22-15-16-23(24(27)17-22)19-11-13-21(26)14-12-19/h11-18,20H,2-10H2,1H3. The summed E-state index contributed by atoms with van der Waals surface area (Å²) in [5, 5.41) is 0. The largest absolute Gasteiger partial charge is 0.426 e. The first kappa shape index (κ1) is 21.5. The highest BCUT2D eigenvalue weighted by molar-refractivity contribution is 5.75. The minimum absolute atomic E-state index is 0.0956. The Kier molecular flexibility index (Phi) is 7.79. The van der Waals surface area contributed by atoms with Gasteiger partial charge in [0, 0.05) is 11.6 Å². The number of halogens is 2. The highest BCUT2D eigenvalue weighted by atomic mass is 19.1. The second-order valence-corrected chi connectivity index (χ2v) is 8.14. The molecule has 29 heavy (non-hydrogen) atoms. The van der Waals surface area contributed by atoms with Crippen LogP contribution >= 0.6 is 0 Å². The van der Waals surface area contributed by atoms with Gasteiger partial charge in [0.25, 0.3) is 0 Å². The van der Waals surface area contributed by atoms with Gasteiger partial charge in [-0.05, 0) is 61.4 Å². The van der Waals surface area contributed by atoms with Gasteiger partial charge < -0.3 is 4.74 Å². The molecule has 1 fully saturated rings. The number of carbonyl (C=O) groups excluding carboxylic acids is 1. The lowest BCUT2D eigenvalue weighted by Gasteiger charge is -2.27. The summed E-state index contributed by atoms with van der Waals surface area (Å²) >= 11 is 0. The molecule has 1 aliphatic rings. The number of rotatable bonds is 8. The maximum absolute atomic E-state index is 14.5. The zero-order chi connectivity index (χ0) is 20.6. The van der Waals surface area contributed by atoms with Crippen LogP contribution in [0.15, 0.2) is 42.5 Å². The van der Waals surface area contributed by atoms with Crippen molar-refractivity contribution in [3.63, 3.8) is 0 Å². The summed E-state index contributed by atoms with van der Waals surface area (Å²) in [6.45, 7) is 2.22. The number of unbranched alkanes of at least 4 members (excludes halogenated alkanes) is 3. The molecule has 4 heteroatoms. The Morgan fingerprint density at radius 2 is 1.69 bits per heavy atom. The lowest BCUT2D eigenvalue weighted by molar-refractivity contribution is -0.140. The third-order valence-electron chi connectivity index (χ3n) is 5.96. The van der Waals surface area contributed by atoms with Gasteiger partial charge in [0.15, 0.2) is 0 Å². The molecule has 0 atom stereocenters. The molecular weight excluding hydrogens is 370 g/mol. The van der Waals surface area contributed by atoms with Crippen LogP contribution in [0.4, 0.5) is 8.78 Å². The highest BCUT2D eigenvalue weighted by Gasteiger charge is 2.27. The topological polar surface area (TPSA) is 26.3 Å². The molecule has 0 bridgehead atoms. The number of benzene rings is 2. The molecule has 1 aliphatic carbocycles. The van der Waals surface area contributed by atoms with Crippen LogP contribution in [-0.4, -0.2) is 5.97 Å². The summed E-state index contributed by atoms with van der Waals surface area (Å²) in [6.07, 6.45) is 10.3. The molecule has 0 aliphatic heterocycles. The first-order valence-electron chi connectivity index (χ1n) is 10.8. The van der Waals surface area contributed by atoms with E-state index < -0.39 is 5.82 Å². The van der Waals surface area contributed by atoms with Crippen LogP contribution in [0, 0.1) is 23.5 Å². The molecule has 0 saturated heterocycles.